The van der Waals surface area contributed by atoms with Gasteiger partial charge in [0.05, 0.1) is 6.04 Å². The number of hydrogen-bond donors (Lipinski definition) is 2. The number of rotatable bonds is 3. The summed E-state index contributed by atoms with van der Waals surface area (Å²) in [5, 5.41) is 13.1. The first kappa shape index (κ1) is 13.3. The number of amides is 1. The van der Waals surface area contributed by atoms with Crippen LogP contribution in [0.5, 0.6) is 0 Å². The molecule has 0 aromatic carbocycles. The van der Waals surface area contributed by atoms with Crippen LogP contribution in [0.2, 0.25) is 0 Å². The van der Waals surface area contributed by atoms with Gasteiger partial charge in [0.2, 0.25) is 0 Å². The number of carbonyl (C=O) groups excluding carboxylic acids is 1. The summed E-state index contributed by atoms with van der Waals surface area (Å²) in [5.41, 5.74) is -1.08. The van der Waals surface area contributed by atoms with Crippen LogP contribution < -0.4 is 15.9 Å². The van der Waals surface area contributed by atoms with E-state index < -0.39 is 11.5 Å². The second-order valence-corrected chi connectivity index (χ2v) is 4.39. The third-order valence-corrected chi connectivity index (χ3v) is 3.16. The van der Waals surface area contributed by atoms with E-state index in [4.69, 9.17) is 5.11 Å². The van der Waals surface area contributed by atoms with Gasteiger partial charge in [0.15, 0.2) is 0 Å². The van der Waals surface area contributed by atoms with E-state index in [1.807, 2.05) is 0 Å². The molecule has 1 aromatic rings. The number of carboxylic acid groups (broad SMARTS) is 1. The number of aromatic carboxylic acids is 1. The van der Waals surface area contributed by atoms with E-state index >= 15 is 0 Å². The summed E-state index contributed by atoms with van der Waals surface area (Å²) in [5.74, 6) is -1.55. The maximum Gasteiger partial charge on any atom is 0.341 e. The van der Waals surface area contributed by atoms with Crippen LogP contribution in [0.3, 0.4) is 0 Å². The normalized spacial score (nSPS) is 18.3. The Hall–Kier alpha value is -2.15. The van der Waals surface area contributed by atoms with E-state index in [1.165, 1.54) is 25.4 Å². The first-order valence-corrected chi connectivity index (χ1v) is 5.98. The second kappa shape index (κ2) is 5.23. The first-order chi connectivity index (χ1) is 9.02. The molecule has 7 heteroatoms. The number of hydrogen-bond acceptors (Lipinski definition) is 4. The quantitative estimate of drug-likeness (QED) is 0.761. The van der Waals surface area contributed by atoms with Gasteiger partial charge in [0.1, 0.15) is 5.56 Å². The van der Waals surface area contributed by atoms with Gasteiger partial charge in [-0.25, -0.2) is 14.5 Å². The molecule has 7 nitrogen and oxygen atoms in total. The van der Waals surface area contributed by atoms with E-state index in [-0.39, 0.29) is 17.5 Å². The molecule has 19 heavy (non-hydrogen) atoms. The second-order valence-electron chi connectivity index (χ2n) is 4.39. The summed E-state index contributed by atoms with van der Waals surface area (Å²) in [6, 6.07) is 2.33. The van der Waals surface area contributed by atoms with Crippen molar-refractivity contribution in [2.75, 3.05) is 18.6 Å². The van der Waals surface area contributed by atoms with Gasteiger partial charge in [0.25, 0.3) is 11.5 Å². The molecule has 0 spiro atoms. The van der Waals surface area contributed by atoms with Gasteiger partial charge in [-0.05, 0) is 31.5 Å². The van der Waals surface area contributed by atoms with Crippen molar-refractivity contribution in [1.29, 1.82) is 0 Å². The van der Waals surface area contributed by atoms with E-state index in [2.05, 4.69) is 5.32 Å². The van der Waals surface area contributed by atoms with Crippen molar-refractivity contribution < 1.29 is 14.7 Å². The zero-order valence-corrected chi connectivity index (χ0v) is 10.5. The lowest BCUT2D eigenvalue weighted by Gasteiger charge is -2.22. The van der Waals surface area contributed by atoms with Crippen molar-refractivity contribution in [3.05, 3.63) is 34.2 Å². The number of nitrogens with one attached hydrogen (secondary N) is 1. The molecule has 0 radical (unpaired) electrons. The predicted molar refractivity (Wildman–Crippen MR) is 67.8 cm³/mol. The van der Waals surface area contributed by atoms with Gasteiger partial charge in [0, 0.05) is 13.2 Å². The smallest absolute Gasteiger partial charge is 0.341 e. The van der Waals surface area contributed by atoms with Gasteiger partial charge in [-0.15, -0.1) is 0 Å². The summed E-state index contributed by atoms with van der Waals surface area (Å²) < 4.78 is 1.02. The summed E-state index contributed by atoms with van der Waals surface area (Å²) in [6.07, 6.45) is 3.01. The number of carboxylic acids is 1. The van der Waals surface area contributed by atoms with Crippen molar-refractivity contribution in [2.24, 2.45) is 0 Å². The molecule has 102 valence electrons. The molecule has 1 amide bonds. The molecule has 1 aromatic heterocycles. The Morgan fingerprint density at radius 3 is 2.84 bits per heavy atom. The topological polar surface area (TPSA) is 91.6 Å². The highest BCUT2D eigenvalue weighted by Gasteiger charge is 2.26. The molecule has 2 heterocycles. The van der Waals surface area contributed by atoms with Crippen LogP contribution in [0, 0.1) is 0 Å². The number of nitrogens with zero attached hydrogens (tertiary/aromatic N) is 2. The van der Waals surface area contributed by atoms with Crippen molar-refractivity contribution in [3.63, 3.8) is 0 Å². The molecule has 1 aliphatic rings. The lowest BCUT2D eigenvalue weighted by Crippen LogP contribution is -2.51. The Bertz CT molecular complexity index is 560. The fraction of sp³-hybridized carbons (Fsp3) is 0.417. The molecule has 1 fully saturated rings. The molecule has 1 aliphatic heterocycles. The van der Waals surface area contributed by atoms with Crippen LogP contribution in [0.15, 0.2) is 23.1 Å². The third kappa shape index (κ3) is 2.50. The minimum absolute atomic E-state index is 0.248. The van der Waals surface area contributed by atoms with Crippen LogP contribution in [0.25, 0.3) is 0 Å². The van der Waals surface area contributed by atoms with E-state index in [0.717, 1.165) is 29.1 Å². The molecule has 2 rings (SSSR count). The molecular formula is C12H15N3O4. The van der Waals surface area contributed by atoms with Crippen molar-refractivity contribution in [3.8, 4) is 0 Å². The maximum absolute atomic E-state index is 12.1. The largest absolute Gasteiger partial charge is 0.477 e. The van der Waals surface area contributed by atoms with Gasteiger partial charge in [-0.3, -0.25) is 9.59 Å². The predicted octanol–water partition coefficient (Wildman–Crippen LogP) is -0.607. The van der Waals surface area contributed by atoms with Crippen molar-refractivity contribution in [1.82, 2.24) is 9.99 Å². The molecular weight excluding hydrogens is 250 g/mol. The SMILES string of the molecule is CN(C(=O)[C@H]1CCCN1)n1cccc(C(=O)O)c1=O. The Kier molecular flexibility index (Phi) is 3.66. The zero-order chi connectivity index (χ0) is 14.0. The Morgan fingerprint density at radius 2 is 2.26 bits per heavy atom. The number of aromatic nitrogens is 1. The Labute approximate surface area is 109 Å². The number of likely N-dealkylation sites (N-methyl/N-ethyl adjacent to an activating group) is 1. The van der Waals surface area contributed by atoms with Crippen molar-refractivity contribution in [2.45, 2.75) is 18.9 Å². The van der Waals surface area contributed by atoms with Gasteiger partial charge in [-0.2, -0.15) is 0 Å². The Morgan fingerprint density at radius 1 is 1.53 bits per heavy atom. The molecule has 1 saturated heterocycles. The lowest BCUT2D eigenvalue weighted by atomic mass is 10.2. The van der Waals surface area contributed by atoms with Crippen LogP contribution >= 0.6 is 0 Å². The summed E-state index contributed by atoms with van der Waals surface area (Å²) in [6.45, 7) is 0.772. The average Bonchev–Trinajstić information content (AvgIpc) is 2.90. The fourth-order valence-electron chi connectivity index (χ4n) is 2.11. The lowest BCUT2D eigenvalue weighted by molar-refractivity contribution is -0.121. The highest BCUT2D eigenvalue weighted by Crippen LogP contribution is 2.07. The van der Waals surface area contributed by atoms with Gasteiger partial charge >= 0.3 is 5.97 Å². The molecule has 2 N–H and O–H groups in total. The van der Waals surface area contributed by atoms with E-state index in [9.17, 15) is 14.4 Å². The summed E-state index contributed by atoms with van der Waals surface area (Å²) in [7, 11) is 1.45. The highest BCUT2D eigenvalue weighted by atomic mass is 16.4. The first-order valence-electron chi connectivity index (χ1n) is 5.98. The van der Waals surface area contributed by atoms with Gasteiger partial charge < -0.3 is 10.4 Å². The number of carbonyl (C=O) groups is 2. The molecule has 0 unspecified atom stereocenters. The molecule has 0 saturated carbocycles. The van der Waals surface area contributed by atoms with E-state index in [0.29, 0.717) is 0 Å². The Balaban J connectivity index is 2.31. The van der Waals surface area contributed by atoms with E-state index in [1.54, 1.807) is 0 Å². The standard InChI is InChI=1S/C12H15N3O4/c1-14(11(17)9-5-2-6-13-9)15-7-3-4-8(10(15)16)12(18)19/h3-4,7,9,13H,2,5-6H2,1H3,(H,18,19)/t9-/m1/s1. The highest BCUT2D eigenvalue weighted by molar-refractivity contribution is 5.91. The zero-order valence-electron chi connectivity index (χ0n) is 10.5. The minimum atomic E-state index is -1.31. The minimum Gasteiger partial charge on any atom is -0.477 e. The summed E-state index contributed by atoms with van der Waals surface area (Å²) >= 11 is 0. The van der Waals surface area contributed by atoms with Crippen LogP contribution in [0.4, 0.5) is 0 Å². The monoisotopic (exact) mass is 265 g/mol. The third-order valence-electron chi connectivity index (χ3n) is 3.16. The van der Waals surface area contributed by atoms with Crippen molar-refractivity contribution >= 4 is 11.9 Å². The molecule has 1 atom stereocenters. The van der Waals surface area contributed by atoms with Crippen LogP contribution in [0.1, 0.15) is 23.2 Å². The van der Waals surface area contributed by atoms with Crippen LogP contribution in [-0.2, 0) is 4.79 Å². The average molecular weight is 265 g/mol. The molecule has 0 aliphatic carbocycles. The number of pyridine rings is 1. The molecule has 0 bridgehead atoms. The van der Waals surface area contributed by atoms with Crippen LogP contribution in [-0.4, -0.2) is 41.3 Å². The summed E-state index contributed by atoms with van der Waals surface area (Å²) in [4.78, 5) is 35.0. The maximum atomic E-state index is 12.1. The fourth-order valence-corrected chi connectivity index (χ4v) is 2.11. The van der Waals surface area contributed by atoms with Gasteiger partial charge in [-0.1, -0.05) is 0 Å².